The first-order chi connectivity index (χ1) is 6.18. The minimum atomic E-state index is 0.333. The zero-order valence-corrected chi connectivity index (χ0v) is 8.58. The third-order valence-corrected chi connectivity index (χ3v) is 3.29. The van der Waals surface area contributed by atoms with Crippen LogP contribution in [0.2, 0.25) is 0 Å². The Kier molecular flexibility index (Phi) is 1.97. The maximum absolute atomic E-state index is 5.87. The highest BCUT2D eigenvalue weighted by atomic mass is 15.4. The molecule has 1 aliphatic carbocycles. The Labute approximate surface area is 80.0 Å². The molecule has 13 heavy (non-hydrogen) atoms. The van der Waals surface area contributed by atoms with Gasteiger partial charge < -0.3 is 10.6 Å². The van der Waals surface area contributed by atoms with Crippen LogP contribution >= 0.6 is 0 Å². The fraction of sp³-hybridized carbons (Fsp3) is 0.900. The fourth-order valence-corrected chi connectivity index (χ4v) is 2.80. The van der Waals surface area contributed by atoms with Crippen molar-refractivity contribution in [1.82, 2.24) is 4.90 Å². The molecule has 1 aliphatic heterocycles. The van der Waals surface area contributed by atoms with E-state index in [1.54, 1.807) is 0 Å². The molecule has 0 radical (unpaired) electrons. The quantitative estimate of drug-likeness (QED) is 0.695. The Hall–Kier alpha value is -0.730. The van der Waals surface area contributed by atoms with Gasteiger partial charge in [0.15, 0.2) is 5.96 Å². The van der Waals surface area contributed by atoms with Gasteiger partial charge >= 0.3 is 0 Å². The zero-order chi connectivity index (χ0) is 9.47. The van der Waals surface area contributed by atoms with Crippen LogP contribution in [0.25, 0.3) is 0 Å². The van der Waals surface area contributed by atoms with Crippen molar-refractivity contribution in [3.63, 3.8) is 0 Å². The van der Waals surface area contributed by atoms with E-state index in [4.69, 9.17) is 5.73 Å². The van der Waals surface area contributed by atoms with Crippen LogP contribution in [0.15, 0.2) is 4.99 Å². The highest BCUT2D eigenvalue weighted by molar-refractivity contribution is 5.81. The lowest BCUT2D eigenvalue weighted by Crippen LogP contribution is -2.58. The van der Waals surface area contributed by atoms with E-state index in [-0.39, 0.29) is 0 Å². The summed E-state index contributed by atoms with van der Waals surface area (Å²) < 4.78 is 0. The Bertz CT molecular complexity index is 228. The zero-order valence-electron chi connectivity index (χ0n) is 8.58. The lowest BCUT2D eigenvalue weighted by molar-refractivity contribution is 0.0510. The van der Waals surface area contributed by atoms with Crippen molar-refractivity contribution < 1.29 is 0 Å². The van der Waals surface area contributed by atoms with Gasteiger partial charge in [-0.2, -0.15) is 0 Å². The average Bonchev–Trinajstić information content (AvgIpc) is 2.33. The van der Waals surface area contributed by atoms with Gasteiger partial charge in [-0.1, -0.05) is 13.8 Å². The molecule has 0 bridgehead atoms. The first-order valence-corrected chi connectivity index (χ1v) is 5.25. The third kappa shape index (κ3) is 1.21. The van der Waals surface area contributed by atoms with Crippen molar-refractivity contribution in [2.75, 3.05) is 13.1 Å². The lowest BCUT2D eigenvalue weighted by atomic mass is 9.68. The Morgan fingerprint density at radius 3 is 2.85 bits per heavy atom. The number of guanidine groups is 1. The number of aliphatic imine (C=N–C) groups is 1. The van der Waals surface area contributed by atoms with Crippen LogP contribution in [0.4, 0.5) is 0 Å². The SMILES string of the molecule is CCCN1C(N)=NCC12CC(C)C2. The first-order valence-electron chi connectivity index (χ1n) is 5.25. The van der Waals surface area contributed by atoms with Crippen LogP contribution in [-0.4, -0.2) is 29.5 Å². The Balaban J connectivity index is 2.06. The summed E-state index contributed by atoms with van der Waals surface area (Å²) in [5, 5.41) is 0. The Morgan fingerprint density at radius 1 is 1.62 bits per heavy atom. The van der Waals surface area contributed by atoms with Crippen molar-refractivity contribution in [1.29, 1.82) is 0 Å². The van der Waals surface area contributed by atoms with Gasteiger partial charge in [0.25, 0.3) is 0 Å². The van der Waals surface area contributed by atoms with Gasteiger partial charge in [0, 0.05) is 6.54 Å². The van der Waals surface area contributed by atoms with E-state index in [0.29, 0.717) is 5.54 Å². The molecular formula is C10H19N3. The second-order valence-electron chi connectivity index (χ2n) is 4.56. The summed E-state index contributed by atoms with van der Waals surface area (Å²) in [4.78, 5) is 6.69. The normalized spacial score (nSPS) is 37.8. The first kappa shape index (κ1) is 8.85. The monoisotopic (exact) mass is 181 g/mol. The molecule has 3 heteroatoms. The summed E-state index contributed by atoms with van der Waals surface area (Å²) in [6.07, 6.45) is 3.71. The summed E-state index contributed by atoms with van der Waals surface area (Å²) >= 11 is 0. The molecule has 0 unspecified atom stereocenters. The average molecular weight is 181 g/mol. The molecule has 0 amide bonds. The predicted molar refractivity (Wildman–Crippen MR) is 54.6 cm³/mol. The lowest BCUT2D eigenvalue weighted by Gasteiger charge is -2.50. The van der Waals surface area contributed by atoms with Crippen molar-refractivity contribution in [3.05, 3.63) is 0 Å². The van der Waals surface area contributed by atoms with Gasteiger partial charge in [-0.15, -0.1) is 0 Å². The molecule has 1 heterocycles. The van der Waals surface area contributed by atoms with Gasteiger partial charge in [0.1, 0.15) is 0 Å². The molecule has 74 valence electrons. The number of nitrogens with two attached hydrogens (primary N) is 1. The summed E-state index contributed by atoms with van der Waals surface area (Å²) in [7, 11) is 0. The second-order valence-corrected chi connectivity index (χ2v) is 4.56. The van der Waals surface area contributed by atoms with Crippen LogP contribution in [-0.2, 0) is 0 Å². The molecule has 1 spiro atoms. The standard InChI is InChI=1S/C10H19N3/c1-3-4-13-9(11)12-7-10(13)5-8(2)6-10/h8H,3-7H2,1-2H3,(H2,11,12). The van der Waals surface area contributed by atoms with Gasteiger partial charge in [0.2, 0.25) is 0 Å². The van der Waals surface area contributed by atoms with Crippen LogP contribution in [0.3, 0.4) is 0 Å². The van der Waals surface area contributed by atoms with Crippen molar-refractivity contribution in [3.8, 4) is 0 Å². The largest absolute Gasteiger partial charge is 0.370 e. The van der Waals surface area contributed by atoms with Gasteiger partial charge in [-0.3, -0.25) is 4.99 Å². The topological polar surface area (TPSA) is 41.6 Å². The van der Waals surface area contributed by atoms with E-state index in [1.165, 1.54) is 12.8 Å². The van der Waals surface area contributed by atoms with Crippen LogP contribution in [0.1, 0.15) is 33.1 Å². The predicted octanol–water partition coefficient (Wildman–Crippen LogP) is 1.20. The molecule has 2 rings (SSSR count). The highest BCUT2D eigenvalue weighted by Gasteiger charge is 2.49. The number of hydrogen-bond acceptors (Lipinski definition) is 3. The Morgan fingerprint density at radius 2 is 2.31 bits per heavy atom. The van der Waals surface area contributed by atoms with E-state index in [9.17, 15) is 0 Å². The summed E-state index contributed by atoms with van der Waals surface area (Å²) in [5.74, 6) is 1.63. The molecule has 0 atom stereocenters. The van der Waals surface area contributed by atoms with Crippen LogP contribution < -0.4 is 5.73 Å². The van der Waals surface area contributed by atoms with Crippen molar-refractivity contribution >= 4 is 5.96 Å². The van der Waals surface area contributed by atoms with E-state index in [0.717, 1.165) is 31.4 Å². The molecule has 1 saturated carbocycles. The third-order valence-electron chi connectivity index (χ3n) is 3.29. The molecular weight excluding hydrogens is 162 g/mol. The van der Waals surface area contributed by atoms with Crippen molar-refractivity contribution in [2.24, 2.45) is 16.6 Å². The van der Waals surface area contributed by atoms with E-state index < -0.39 is 0 Å². The molecule has 2 aliphatic rings. The van der Waals surface area contributed by atoms with Gasteiger partial charge in [-0.25, -0.2) is 0 Å². The fourth-order valence-electron chi connectivity index (χ4n) is 2.80. The molecule has 0 saturated heterocycles. The van der Waals surface area contributed by atoms with Crippen LogP contribution in [0, 0.1) is 5.92 Å². The molecule has 1 fully saturated rings. The van der Waals surface area contributed by atoms with Crippen molar-refractivity contribution in [2.45, 2.75) is 38.6 Å². The smallest absolute Gasteiger partial charge is 0.191 e. The van der Waals surface area contributed by atoms with Crippen LogP contribution in [0.5, 0.6) is 0 Å². The molecule has 0 aromatic heterocycles. The van der Waals surface area contributed by atoms with Gasteiger partial charge in [-0.05, 0) is 25.2 Å². The van der Waals surface area contributed by atoms with E-state index in [1.807, 2.05) is 0 Å². The highest BCUT2D eigenvalue weighted by Crippen LogP contribution is 2.44. The molecule has 2 N–H and O–H groups in total. The minimum absolute atomic E-state index is 0.333. The van der Waals surface area contributed by atoms with Gasteiger partial charge in [0.05, 0.1) is 12.1 Å². The number of hydrogen-bond donors (Lipinski definition) is 1. The minimum Gasteiger partial charge on any atom is -0.370 e. The number of rotatable bonds is 2. The van der Waals surface area contributed by atoms with E-state index >= 15 is 0 Å². The van der Waals surface area contributed by atoms with E-state index in [2.05, 4.69) is 23.7 Å². The summed E-state index contributed by atoms with van der Waals surface area (Å²) in [6.45, 7) is 6.51. The number of nitrogens with zero attached hydrogens (tertiary/aromatic N) is 2. The second kappa shape index (κ2) is 2.89. The summed E-state index contributed by atoms with van der Waals surface area (Å²) in [5.41, 5.74) is 6.20. The molecule has 3 nitrogen and oxygen atoms in total. The maximum atomic E-state index is 5.87. The molecule has 0 aromatic rings. The molecule has 0 aromatic carbocycles. The maximum Gasteiger partial charge on any atom is 0.191 e. The summed E-state index contributed by atoms with van der Waals surface area (Å²) in [6, 6.07) is 0.